The Morgan fingerprint density at radius 3 is 1.95 bits per heavy atom. The quantitative estimate of drug-likeness (QED) is 0.576. The second kappa shape index (κ2) is 6.63. The Labute approximate surface area is 131 Å². The highest BCUT2D eigenvalue weighted by Gasteiger charge is 2.47. The zero-order chi connectivity index (χ0) is 15.5. The molecule has 0 bridgehead atoms. The second-order valence-corrected chi connectivity index (χ2v) is 6.57. The van der Waals surface area contributed by atoms with Gasteiger partial charge in [-0.15, -0.1) is 0 Å². The van der Waals surface area contributed by atoms with E-state index in [-0.39, 0.29) is 36.1 Å². The molecule has 0 N–H and O–H groups in total. The summed E-state index contributed by atoms with van der Waals surface area (Å²) in [4.78, 5) is 40.3. The third-order valence-electron chi connectivity index (χ3n) is 5.10. The molecular formula is C17H24N2O3. The lowest BCUT2D eigenvalue weighted by Crippen LogP contribution is -2.44. The summed E-state index contributed by atoms with van der Waals surface area (Å²) in [5.74, 6) is -0.857. The predicted molar refractivity (Wildman–Crippen MR) is 81.7 cm³/mol. The van der Waals surface area contributed by atoms with E-state index < -0.39 is 0 Å². The number of fused-ring (bicyclic) bond motifs is 1. The summed E-state index contributed by atoms with van der Waals surface area (Å²) in [7, 11) is 0. The minimum Gasteiger partial charge on any atom is -0.341 e. The lowest BCUT2D eigenvalue weighted by Gasteiger charge is -2.26. The Kier molecular flexibility index (Phi) is 4.60. The third-order valence-corrected chi connectivity index (χ3v) is 5.10. The first-order chi connectivity index (χ1) is 10.7. The minimum atomic E-state index is -0.238. The molecule has 0 aromatic heterocycles. The predicted octanol–water partition coefficient (Wildman–Crippen LogP) is 1.73. The average Bonchev–Trinajstić information content (AvgIpc) is 2.72. The standard InChI is InChI=1S/C17H24N2O3/c20-15(18-10-6-2-1-3-7-11-18)12-19-16(21)13-8-4-5-9-14(13)17(19)22/h4-5,13-14H,1-3,6-12H2/t13-,14-/m0/s1. The Morgan fingerprint density at radius 1 is 0.909 bits per heavy atom. The molecule has 0 unspecified atom stereocenters. The Hall–Kier alpha value is -1.65. The number of carbonyl (C=O) groups is 3. The largest absolute Gasteiger partial charge is 0.341 e. The number of allylic oxidation sites excluding steroid dienone is 2. The maximum Gasteiger partial charge on any atom is 0.242 e. The Bertz CT molecular complexity index is 466. The lowest BCUT2D eigenvalue weighted by atomic mass is 9.85. The van der Waals surface area contributed by atoms with E-state index in [0.717, 1.165) is 38.8 Å². The summed E-state index contributed by atoms with van der Waals surface area (Å²) in [5, 5.41) is 0. The molecule has 120 valence electrons. The molecule has 0 saturated carbocycles. The number of hydrogen-bond acceptors (Lipinski definition) is 3. The molecule has 0 aromatic carbocycles. The zero-order valence-electron chi connectivity index (χ0n) is 13.0. The van der Waals surface area contributed by atoms with Crippen molar-refractivity contribution in [2.75, 3.05) is 19.6 Å². The first kappa shape index (κ1) is 15.3. The van der Waals surface area contributed by atoms with Crippen LogP contribution in [0.1, 0.15) is 44.9 Å². The summed E-state index contributed by atoms with van der Waals surface area (Å²) < 4.78 is 0. The van der Waals surface area contributed by atoms with Crippen molar-refractivity contribution in [2.45, 2.75) is 44.9 Å². The number of nitrogens with zero attached hydrogens (tertiary/aromatic N) is 2. The van der Waals surface area contributed by atoms with Gasteiger partial charge in [0.05, 0.1) is 11.8 Å². The van der Waals surface area contributed by atoms with Gasteiger partial charge in [0.25, 0.3) is 0 Å². The van der Waals surface area contributed by atoms with Crippen LogP contribution in [0.3, 0.4) is 0 Å². The van der Waals surface area contributed by atoms with Gasteiger partial charge >= 0.3 is 0 Å². The molecule has 2 heterocycles. The lowest BCUT2D eigenvalue weighted by molar-refractivity contribution is -0.146. The molecule has 5 nitrogen and oxygen atoms in total. The molecule has 3 rings (SSSR count). The summed E-state index contributed by atoms with van der Waals surface area (Å²) in [5.41, 5.74) is 0. The first-order valence-corrected chi connectivity index (χ1v) is 8.46. The van der Waals surface area contributed by atoms with E-state index in [9.17, 15) is 14.4 Å². The van der Waals surface area contributed by atoms with Crippen molar-refractivity contribution in [3.63, 3.8) is 0 Å². The van der Waals surface area contributed by atoms with Crippen LogP contribution < -0.4 is 0 Å². The zero-order valence-corrected chi connectivity index (χ0v) is 13.0. The third kappa shape index (κ3) is 2.94. The molecular weight excluding hydrogens is 280 g/mol. The normalized spacial score (nSPS) is 29.3. The summed E-state index contributed by atoms with van der Waals surface area (Å²) in [6.07, 6.45) is 10.8. The molecule has 5 heteroatoms. The Morgan fingerprint density at radius 2 is 1.41 bits per heavy atom. The van der Waals surface area contributed by atoms with E-state index >= 15 is 0 Å². The van der Waals surface area contributed by atoms with Crippen LogP contribution in [0, 0.1) is 11.8 Å². The molecule has 3 aliphatic rings. The fourth-order valence-corrected chi connectivity index (χ4v) is 3.76. The van der Waals surface area contributed by atoms with Crippen LogP contribution >= 0.6 is 0 Å². The van der Waals surface area contributed by atoms with E-state index in [1.165, 1.54) is 11.3 Å². The molecule has 2 aliphatic heterocycles. The number of hydrogen-bond donors (Lipinski definition) is 0. The molecule has 0 spiro atoms. The van der Waals surface area contributed by atoms with Crippen LogP contribution in [0.2, 0.25) is 0 Å². The van der Waals surface area contributed by atoms with Crippen molar-refractivity contribution >= 4 is 17.7 Å². The van der Waals surface area contributed by atoms with Crippen LogP contribution in [0.25, 0.3) is 0 Å². The van der Waals surface area contributed by atoms with Gasteiger partial charge in [0.15, 0.2) is 0 Å². The average molecular weight is 304 g/mol. The van der Waals surface area contributed by atoms with Crippen LogP contribution in [0.5, 0.6) is 0 Å². The van der Waals surface area contributed by atoms with Gasteiger partial charge in [-0.1, -0.05) is 31.4 Å². The van der Waals surface area contributed by atoms with Crippen molar-refractivity contribution in [2.24, 2.45) is 11.8 Å². The fourth-order valence-electron chi connectivity index (χ4n) is 3.76. The molecule has 2 fully saturated rings. The van der Waals surface area contributed by atoms with Crippen molar-refractivity contribution in [1.29, 1.82) is 0 Å². The molecule has 1 aliphatic carbocycles. The summed E-state index contributed by atoms with van der Waals surface area (Å²) >= 11 is 0. The first-order valence-electron chi connectivity index (χ1n) is 8.46. The highest BCUT2D eigenvalue weighted by atomic mass is 16.2. The van der Waals surface area contributed by atoms with Gasteiger partial charge in [-0.05, 0) is 25.7 Å². The van der Waals surface area contributed by atoms with Crippen molar-refractivity contribution in [3.8, 4) is 0 Å². The van der Waals surface area contributed by atoms with Crippen LogP contribution in [0.4, 0.5) is 0 Å². The van der Waals surface area contributed by atoms with Gasteiger partial charge in [0, 0.05) is 13.1 Å². The highest BCUT2D eigenvalue weighted by molar-refractivity contribution is 6.07. The number of amides is 3. The molecule has 22 heavy (non-hydrogen) atoms. The number of likely N-dealkylation sites (tertiary alicyclic amines) is 2. The van der Waals surface area contributed by atoms with E-state index in [2.05, 4.69) is 0 Å². The monoisotopic (exact) mass is 304 g/mol. The van der Waals surface area contributed by atoms with Crippen LogP contribution in [0.15, 0.2) is 12.2 Å². The maximum atomic E-state index is 12.5. The summed E-state index contributed by atoms with van der Waals surface area (Å²) in [6.45, 7) is 1.44. The molecule has 3 amide bonds. The number of imide groups is 1. The number of rotatable bonds is 2. The summed E-state index contributed by atoms with van der Waals surface area (Å²) in [6, 6.07) is 0. The maximum absolute atomic E-state index is 12.5. The van der Waals surface area contributed by atoms with E-state index in [1.807, 2.05) is 17.1 Å². The van der Waals surface area contributed by atoms with E-state index in [0.29, 0.717) is 12.8 Å². The van der Waals surface area contributed by atoms with Crippen LogP contribution in [-0.2, 0) is 14.4 Å². The minimum absolute atomic E-state index is 0.0648. The Balaban J connectivity index is 1.63. The van der Waals surface area contributed by atoms with Gasteiger partial charge < -0.3 is 4.90 Å². The van der Waals surface area contributed by atoms with E-state index in [1.54, 1.807) is 0 Å². The fraction of sp³-hybridized carbons (Fsp3) is 0.706. The molecule has 0 aromatic rings. The highest BCUT2D eigenvalue weighted by Crippen LogP contribution is 2.34. The van der Waals surface area contributed by atoms with Gasteiger partial charge in [-0.3, -0.25) is 19.3 Å². The van der Waals surface area contributed by atoms with Gasteiger partial charge in [-0.2, -0.15) is 0 Å². The smallest absolute Gasteiger partial charge is 0.242 e. The molecule has 2 saturated heterocycles. The number of carbonyl (C=O) groups excluding carboxylic acids is 3. The van der Waals surface area contributed by atoms with Gasteiger partial charge in [0.2, 0.25) is 17.7 Å². The topological polar surface area (TPSA) is 57.7 Å². The van der Waals surface area contributed by atoms with E-state index in [4.69, 9.17) is 0 Å². The second-order valence-electron chi connectivity index (χ2n) is 6.57. The van der Waals surface area contributed by atoms with Crippen molar-refractivity contribution in [3.05, 3.63) is 12.2 Å². The van der Waals surface area contributed by atoms with Gasteiger partial charge in [-0.25, -0.2) is 0 Å². The van der Waals surface area contributed by atoms with Crippen molar-refractivity contribution < 1.29 is 14.4 Å². The van der Waals surface area contributed by atoms with Crippen LogP contribution in [-0.4, -0.2) is 47.2 Å². The molecule has 2 atom stereocenters. The molecule has 0 radical (unpaired) electrons. The SMILES string of the molecule is O=C(CN1C(=O)[C@H]2CC=CC[C@@H]2C1=O)N1CCCCCCC1. The van der Waals surface area contributed by atoms with Gasteiger partial charge in [0.1, 0.15) is 6.54 Å². The van der Waals surface area contributed by atoms with Crippen molar-refractivity contribution in [1.82, 2.24) is 9.80 Å².